The molecule has 0 aliphatic heterocycles. The van der Waals surface area contributed by atoms with Gasteiger partial charge in [-0.3, -0.25) is 14.8 Å². The molecule has 0 aromatic heterocycles. The van der Waals surface area contributed by atoms with E-state index in [0.29, 0.717) is 23.9 Å². The van der Waals surface area contributed by atoms with Crippen LogP contribution >= 0.6 is 0 Å². The highest BCUT2D eigenvalue weighted by molar-refractivity contribution is 5.93. The minimum atomic E-state index is -0.502. The second-order valence-electron chi connectivity index (χ2n) is 9.36. The molecule has 3 N–H and O–H groups in total. The van der Waals surface area contributed by atoms with Crippen molar-refractivity contribution in [2.24, 2.45) is 29.1 Å². The van der Waals surface area contributed by atoms with Crippen LogP contribution in [-0.4, -0.2) is 23.6 Å². The van der Waals surface area contributed by atoms with Gasteiger partial charge in [0.05, 0.1) is 0 Å². The van der Waals surface area contributed by atoms with E-state index >= 15 is 0 Å². The summed E-state index contributed by atoms with van der Waals surface area (Å²) in [5.41, 5.74) is 3.13. The number of hydrogen-bond donors (Lipinski definition) is 3. The zero-order chi connectivity index (χ0) is 19.0. The maximum absolute atomic E-state index is 13.0. The molecule has 4 bridgehead atoms. The second kappa shape index (κ2) is 7.27. The minimum Gasteiger partial charge on any atom is -0.355 e. The van der Waals surface area contributed by atoms with E-state index in [-0.39, 0.29) is 5.41 Å². The third kappa shape index (κ3) is 3.75. The molecule has 5 nitrogen and oxygen atoms in total. The lowest BCUT2D eigenvalue weighted by molar-refractivity contribution is -0.146. The Bertz CT molecular complexity index is 677. The Morgan fingerprint density at radius 3 is 2.15 bits per heavy atom. The van der Waals surface area contributed by atoms with Crippen LogP contribution in [0.4, 0.5) is 0 Å². The molecule has 4 fully saturated rings. The van der Waals surface area contributed by atoms with Crippen molar-refractivity contribution >= 4 is 11.8 Å². The first-order chi connectivity index (χ1) is 13.0. The van der Waals surface area contributed by atoms with Crippen molar-refractivity contribution in [3.8, 4) is 0 Å². The van der Waals surface area contributed by atoms with Gasteiger partial charge < -0.3 is 5.32 Å². The predicted octanol–water partition coefficient (Wildman–Crippen LogP) is 3.32. The summed E-state index contributed by atoms with van der Waals surface area (Å²) < 4.78 is 0. The molecule has 5 rings (SSSR count). The van der Waals surface area contributed by atoms with Crippen LogP contribution < -0.4 is 10.8 Å². The Labute approximate surface area is 160 Å². The van der Waals surface area contributed by atoms with Crippen LogP contribution in [-0.2, 0) is 11.2 Å². The fraction of sp³-hybridized carbons (Fsp3) is 0.636. The van der Waals surface area contributed by atoms with Crippen molar-refractivity contribution < 1.29 is 14.8 Å². The minimum absolute atomic E-state index is 0.0756. The Morgan fingerprint density at radius 1 is 1.07 bits per heavy atom. The SMILES string of the molecule is CC(CNC(=O)C12CC3CC(CC(C3)C1)C2)Cc1ccc(C(=O)NO)cc1. The average Bonchev–Trinajstić information content (AvgIpc) is 2.65. The first kappa shape index (κ1) is 18.5. The summed E-state index contributed by atoms with van der Waals surface area (Å²) in [6, 6.07) is 7.23. The van der Waals surface area contributed by atoms with Crippen LogP contribution in [0.25, 0.3) is 0 Å². The number of hydroxylamine groups is 1. The van der Waals surface area contributed by atoms with Gasteiger partial charge in [0.25, 0.3) is 5.91 Å². The summed E-state index contributed by atoms with van der Waals surface area (Å²) in [4.78, 5) is 24.4. The zero-order valence-corrected chi connectivity index (χ0v) is 16.0. The smallest absolute Gasteiger partial charge is 0.274 e. The third-order valence-electron chi connectivity index (χ3n) is 7.03. The molecule has 0 saturated heterocycles. The Hall–Kier alpha value is -1.88. The average molecular weight is 370 g/mol. The first-order valence-corrected chi connectivity index (χ1v) is 10.3. The summed E-state index contributed by atoms with van der Waals surface area (Å²) in [6.07, 6.45) is 8.23. The van der Waals surface area contributed by atoms with Crippen molar-refractivity contribution in [2.45, 2.75) is 51.9 Å². The van der Waals surface area contributed by atoms with Crippen LogP contribution in [0, 0.1) is 29.1 Å². The van der Waals surface area contributed by atoms with Gasteiger partial charge in [-0.2, -0.15) is 0 Å². The largest absolute Gasteiger partial charge is 0.355 e. The molecular weight excluding hydrogens is 340 g/mol. The number of carbonyl (C=O) groups excluding carboxylic acids is 2. The summed E-state index contributed by atoms with van der Waals surface area (Å²) in [5.74, 6) is 2.48. The van der Waals surface area contributed by atoms with E-state index in [9.17, 15) is 9.59 Å². The predicted molar refractivity (Wildman–Crippen MR) is 102 cm³/mol. The van der Waals surface area contributed by atoms with Gasteiger partial charge in [0, 0.05) is 17.5 Å². The standard InChI is InChI=1S/C22H30N2O3/c1-14(6-15-2-4-19(5-3-15)20(25)24-27)13-23-21(26)22-10-16-7-17(11-22)9-18(8-16)12-22/h2-5,14,16-18,27H,6-13H2,1H3,(H,23,26)(H,24,25). The van der Waals surface area contributed by atoms with Crippen LogP contribution in [0.3, 0.4) is 0 Å². The van der Waals surface area contributed by atoms with Gasteiger partial charge in [-0.05, 0) is 86.3 Å². The third-order valence-corrected chi connectivity index (χ3v) is 7.03. The van der Waals surface area contributed by atoms with E-state index in [2.05, 4.69) is 12.2 Å². The van der Waals surface area contributed by atoms with Crippen molar-refractivity contribution in [1.82, 2.24) is 10.8 Å². The van der Waals surface area contributed by atoms with Crippen LogP contribution in [0.5, 0.6) is 0 Å². The Balaban J connectivity index is 1.30. The lowest BCUT2D eigenvalue weighted by Gasteiger charge is -2.55. The monoisotopic (exact) mass is 370 g/mol. The molecule has 4 aliphatic carbocycles. The number of nitrogens with one attached hydrogen (secondary N) is 2. The molecule has 4 aliphatic rings. The summed E-state index contributed by atoms with van der Waals surface area (Å²) in [6.45, 7) is 2.84. The maximum atomic E-state index is 13.0. The van der Waals surface area contributed by atoms with Gasteiger partial charge >= 0.3 is 0 Å². The van der Waals surface area contributed by atoms with E-state index in [1.165, 1.54) is 19.3 Å². The summed E-state index contributed by atoms with van der Waals surface area (Å²) in [7, 11) is 0. The lowest BCUT2D eigenvalue weighted by Crippen LogP contribution is -2.54. The van der Waals surface area contributed by atoms with Crippen molar-refractivity contribution in [3.05, 3.63) is 35.4 Å². The maximum Gasteiger partial charge on any atom is 0.274 e. The molecule has 0 radical (unpaired) electrons. The fourth-order valence-electron chi connectivity index (χ4n) is 6.17. The van der Waals surface area contributed by atoms with Crippen molar-refractivity contribution in [1.29, 1.82) is 0 Å². The van der Waals surface area contributed by atoms with Gasteiger partial charge in [-0.1, -0.05) is 19.1 Å². The highest BCUT2D eigenvalue weighted by Crippen LogP contribution is 2.60. The molecular formula is C22H30N2O3. The lowest BCUT2D eigenvalue weighted by atomic mass is 9.49. The van der Waals surface area contributed by atoms with Gasteiger partial charge in [0.2, 0.25) is 5.91 Å². The van der Waals surface area contributed by atoms with Crippen molar-refractivity contribution in [3.63, 3.8) is 0 Å². The van der Waals surface area contributed by atoms with E-state index in [1.54, 1.807) is 17.6 Å². The highest BCUT2D eigenvalue weighted by Gasteiger charge is 2.54. The number of benzene rings is 1. The van der Waals surface area contributed by atoms with Crippen molar-refractivity contribution in [2.75, 3.05) is 6.54 Å². The van der Waals surface area contributed by atoms with Gasteiger partial charge in [-0.25, -0.2) is 5.48 Å². The van der Waals surface area contributed by atoms with E-state index in [0.717, 1.165) is 49.0 Å². The molecule has 4 saturated carbocycles. The van der Waals surface area contributed by atoms with Crippen LogP contribution in [0.1, 0.15) is 61.4 Å². The molecule has 27 heavy (non-hydrogen) atoms. The fourth-order valence-corrected chi connectivity index (χ4v) is 6.17. The zero-order valence-electron chi connectivity index (χ0n) is 16.0. The molecule has 2 amide bonds. The summed E-state index contributed by atoms with van der Waals surface area (Å²) in [5, 5.41) is 11.9. The number of rotatable bonds is 6. The molecule has 1 atom stereocenters. The van der Waals surface area contributed by atoms with E-state index < -0.39 is 5.91 Å². The highest BCUT2D eigenvalue weighted by atomic mass is 16.5. The van der Waals surface area contributed by atoms with Gasteiger partial charge in [-0.15, -0.1) is 0 Å². The topological polar surface area (TPSA) is 78.4 Å². The molecule has 5 heteroatoms. The first-order valence-electron chi connectivity index (χ1n) is 10.3. The molecule has 1 aromatic carbocycles. The van der Waals surface area contributed by atoms with Crippen LogP contribution in [0.2, 0.25) is 0 Å². The van der Waals surface area contributed by atoms with Gasteiger partial charge in [0.1, 0.15) is 0 Å². The Morgan fingerprint density at radius 2 is 1.63 bits per heavy atom. The molecule has 1 aromatic rings. The van der Waals surface area contributed by atoms with Crippen LogP contribution in [0.15, 0.2) is 24.3 Å². The number of carbonyl (C=O) groups is 2. The van der Waals surface area contributed by atoms with E-state index in [1.807, 2.05) is 12.1 Å². The quantitative estimate of drug-likeness (QED) is 0.531. The molecule has 0 spiro atoms. The molecule has 146 valence electrons. The van der Waals surface area contributed by atoms with Gasteiger partial charge in [0.15, 0.2) is 0 Å². The summed E-state index contributed by atoms with van der Waals surface area (Å²) >= 11 is 0. The number of amides is 2. The molecule has 0 heterocycles. The second-order valence-corrected chi connectivity index (χ2v) is 9.36. The Kier molecular flexibility index (Phi) is 4.97. The number of hydrogen-bond acceptors (Lipinski definition) is 3. The molecule has 1 unspecified atom stereocenters. The van der Waals surface area contributed by atoms with E-state index in [4.69, 9.17) is 5.21 Å². The normalized spacial score (nSPS) is 32.1.